The second-order valence-corrected chi connectivity index (χ2v) is 8.26. The summed E-state index contributed by atoms with van der Waals surface area (Å²) in [5.41, 5.74) is 2.93. The Balaban J connectivity index is 1.27. The predicted octanol–water partition coefficient (Wildman–Crippen LogP) is 4.36. The first-order chi connectivity index (χ1) is 15.0. The van der Waals surface area contributed by atoms with Crippen molar-refractivity contribution >= 4 is 34.3 Å². The molecule has 3 aromatic rings. The molecule has 2 heterocycles. The number of carbonyl (C=O) groups is 2. The Labute approximate surface area is 186 Å². The number of nitrogens with zero attached hydrogens (tertiary/aromatic N) is 1. The molecule has 1 aromatic heterocycles. The predicted molar refractivity (Wildman–Crippen MR) is 122 cm³/mol. The molecule has 0 atom stereocenters. The van der Waals surface area contributed by atoms with Crippen LogP contribution in [0.15, 0.2) is 48.7 Å². The van der Waals surface area contributed by atoms with E-state index in [1.54, 1.807) is 31.4 Å². The van der Waals surface area contributed by atoms with E-state index in [0.29, 0.717) is 29.5 Å². The summed E-state index contributed by atoms with van der Waals surface area (Å²) in [7, 11) is 1.68. The Hall–Kier alpha value is -2.99. The number of aromatic nitrogens is 1. The number of fused-ring (bicyclic) bond motifs is 1. The van der Waals surface area contributed by atoms with Crippen LogP contribution in [0.25, 0.3) is 10.9 Å². The summed E-state index contributed by atoms with van der Waals surface area (Å²) in [6, 6.07) is 12.8. The SMILES string of the molecule is COc1ccc2[nH]cc(C3CCN(C(=O)CCNC(=O)c4ccc(Cl)cc4)CC3)c2c1. The number of rotatable bonds is 6. The summed E-state index contributed by atoms with van der Waals surface area (Å²) in [4.78, 5) is 30.0. The number of piperidine rings is 1. The summed E-state index contributed by atoms with van der Waals surface area (Å²) in [5, 5.41) is 4.58. The van der Waals surface area contributed by atoms with Gasteiger partial charge in [0.2, 0.25) is 5.91 Å². The highest BCUT2D eigenvalue weighted by molar-refractivity contribution is 6.30. The summed E-state index contributed by atoms with van der Waals surface area (Å²) in [5.74, 6) is 1.14. The highest BCUT2D eigenvalue weighted by Crippen LogP contribution is 2.34. The zero-order valence-corrected chi connectivity index (χ0v) is 18.2. The van der Waals surface area contributed by atoms with Crippen LogP contribution in [0.4, 0.5) is 0 Å². The van der Waals surface area contributed by atoms with Crippen molar-refractivity contribution in [2.45, 2.75) is 25.2 Å². The molecule has 0 aliphatic carbocycles. The Morgan fingerprint density at radius 3 is 2.61 bits per heavy atom. The molecule has 1 fully saturated rings. The van der Waals surface area contributed by atoms with E-state index in [1.165, 1.54) is 10.9 Å². The first-order valence-electron chi connectivity index (χ1n) is 10.5. The third-order valence-electron chi connectivity index (χ3n) is 5.94. The number of benzene rings is 2. The third kappa shape index (κ3) is 4.85. The number of hydrogen-bond donors (Lipinski definition) is 2. The largest absolute Gasteiger partial charge is 0.497 e. The van der Waals surface area contributed by atoms with Crippen LogP contribution in [-0.2, 0) is 4.79 Å². The molecule has 0 radical (unpaired) electrons. The number of carbonyl (C=O) groups excluding carboxylic acids is 2. The van der Waals surface area contributed by atoms with Crippen molar-refractivity contribution in [3.05, 3.63) is 64.8 Å². The molecule has 0 saturated carbocycles. The van der Waals surface area contributed by atoms with E-state index in [4.69, 9.17) is 16.3 Å². The van der Waals surface area contributed by atoms with Crippen LogP contribution in [0.5, 0.6) is 5.75 Å². The molecule has 2 aromatic carbocycles. The molecule has 6 nitrogen and oxygen atoms in total. The molecule has 31 heavy (non-hydrogen) atoms. The van der Waals surface area contributed by atoms with E-state index in [0.717, 1.165) is 37.2 Å². The van der Waals surface area contributed by atoms with E-state index in [1.807, 2.05) is 17.0 Å². The fourth-order valence-corrected chi connectivity index (χ4v) is 4.30. The molecule has 0 spiro atoms. The molecule has 7 heteroatoms. The van der Waals surface area contributed by atoms with Crippen molar-refractivity contribution in [3.8, 4) is 5.75 Å². The topological polar surface area (TPSA) is 74.4 Å². The maximum Gasteiger partial charge on any atom is 0.251 e. The van der Waals surface area contributed by atoms with Gasteiger partial charge in [-0.25, -0.2) is 0 Å². The van der Waals surface area contributed by atoms with Gasteiger partial charge in [-0.2, -0.15) is 0 Å². The summed E-state index contributed by atoms with van der Waals surface area (Å²) < 4.78 is 5.37. The van der Waals surface area contributed by atoms with Crippen molar-refractivity contribution in [3.63, 3.8) is 0 Å². The molecule has 0 unspecified atom stereocenters. The van der Waals surface area contributed by atoms with Gasteiger partial charge < -0.3 is 19.9 Å². The number of amides is 2. The fraction of sp³-hybridized carbons (Fsp3) is 0.333. The summed E-state index contributed by atoms with van der Waals surface area (Å²) in [6.45, 7) is 1.78. The second kappa shape index (κ2) is 9.43. The zero-order chi connectivity index (χ0) is 21.8. The van der Waals surface area contributed by atoms with Gasteiger partial charge in [0, 0.05) is 53.7 Å². The van der Waals surface area contributed by atoms with Crippen LogP contribution in [0.2, 0.25) is 5.02 Å². The smallest absolute Gasteiger partial charge is 0.251 e. The number of hydrogen-bond acceptors (Lipinski definition) is 3. The van der Waals surface area contributed by atoms with Gasteiger partial charge in [-0.3, -0.25) is 9.59 Å². The Bertz CT molecular complexity index is 1070. The Kier molecular flexibility index (Phi) is 6.47. The second-order valence-electron chi connectivity index (χ2n) is 7.82. The van der Waals surface area contributed by atoms with Gasteiger partial charge in [0.15, 0.2) is 0 Å². The fourth-order valence-electron chi connectivity index (χ4n) is 4.17. The number of H-pyrrole nitrogens is 1. The van der Waals surface area contributed by atoms with Gasteiger partial charge in [0.05, 0.1) is 7.11 Å². The average Bonchev–Trinajstić information content (AvgIpc) is 3.22. The van der Waals surface area contributed by atoms with Gasteiger partial charge in [-0.15, -0.1) is 0 Å². The van der Waals surface area contributed by atoms with Crippen molar-refractivity contribution < 1.29 is 14.3 Å². The third-order valence-corrected chi connectivity index (χ3v) is 6.19. The maximum absolute atomic E-state index is 12.6. The van der Waals surface area contributed by atoms with Crippen LogP contribution in [0.3, 0.4) is 0 Å². The van der Waals surface area contributed by atoms with Gasteiger partial charge in [0.1, 0.15) is 5.75 Å². The highest BCUT2D eigenvalue weighted by Gasteiger charge is 2.25. The number of halogens is 1. The molecule has 162 valence electrons. The Morgan fingerprint density at radius 1 is 1.16 bits per heavy atom. The van der Waals surface area contributed by atoms with Crippen LogP contribution >= 0.6 is 11.6 Å². The number of nitrogens with one attached hydrogen (secondary N) is 2. The van der Waals surface area contributed by atoms with Gasteiger partial charge in [-0.05, 0) is 66.8 Å². The van der Waals surface area contributed by atoms with Crippen molar-refractivity contribution in [2.24, 2.45) is 0 Å². The number of likely N-dealkylation sites (tertiary alicyclic amines) is 1. The minimum absolute atomic E-state index is 0.0791. The molecule has 2 N–H and O–H groups in total. The van der Waals surface area contributed by atoms with Crippen molar-refractivity contribution in [1.29, 1.82) is 0 Å². The van der Waals surface area contributed by atoms with Crippen molar-refractivity contribution in [2.75, 3.05) is 26.7 Å². The van der Waals surface area contributed by atoms with Crippen LogP contribution in [-0.4, -0.2) is 48.4 Å². The molecule has 1 aliphatic rings. The lowest BCUT2D eigenvalue weighted by molar-refractivity contribution is -0.132. The van der Waals surface area contributed by atoms with E-state index in [2.05, 4.69) is 22.6 Å². The molecular weight excluding hydrogens is 414 g/mol. The lowest BCUT2D eigenvalue weighted by Gasteiger charge is -2.32. The molecule has 0 bridgehead atoms. The van der Waals surface area contributed by atoms with Crippen LogP contribution in [0.1, 0.15) is 41.1 Å². The summed E-state index contributed by atoms with van der Waals surface area (Å²) in [6.07, 6.45) is 4.23. The van der Waals surface area contributed by atoms with Gasteiger partial charge in [0.25, 0.3) is 5.91 Å². The molecule has 1 saturated heterocycles. The normalized spacial score (nSPS) is 14.6. The van der Waals surface area contributed by atoms with E-state index in [9.17, 15) is 9.59 Å². The first kappa shape index (κ1) is 21.2. The quantitative estimate of drug-likeness (QED) is 0.599. The average molecular weight is 440 g/mol. The molecule has 1 aliphatic heterocycles. The van der Waals surface area contributed by atoms with Gasteiger partial charge in [-0.1, -0.05) is 11.6 Å². The van der Waals surface area contributed by atoms with E-state index >= 15 is 0 Å². The van der Waals surface area contributed by atoms with Gasteiger partial charge >= 0.3 is 0 Å². The Morgan fingerprint density at radius 2 is 1.90 bits per heavy atom. The zero-order valence-electron chi connectivity index (χ0n) is 17.5. The standard InChI is InChI=1S/C24H26ClN3O3/c1-31-19-6-7-22-20(14-19)21(15-27-22)16-9-12-28(13-10-16)23(29)8-11-26-24(30)17-2-4-18(25)5-3-17/h2-7,14-16,27H,8-13H2,1H3,(H,26,30). The lowest BCUT2D eigenvalue weighted by atomic mass is 9.89. The molecule has 2 amide bonds. The van der Waals surface area contributed by atoms with Crippen molar-refractivity contribution in [1.82, 2.24) is 15.2 Å². The minimum atomic E-state index is -0.196. The van der Waals surface area contributed by atoms with E-state index in [-0.39, 0.29) is 11.8 Å². The monoisotopic (exact) mass is 439 g/mol. The van der Waals surface area contributed by atoms with Crippen LogP contribution in [0, 0.1) is 0 Å². The molecule has 4 rings (SSSR count). The number of aromatic amines is 1. The number of ether oxygens (including phenoxy) is 1. The van der Waals surface area contributed by atoms with Crippen LogP contribution < -0.4 is 10.1 Å². The lowest BCUT2D eigenvalue weighted by Crippen LogP contribution is -2.39. The number of methoxy groups -OCH3 is 1. The maximum atomic E-state index is 12.6. The minimum Gasteiger partial charge on any atom is -0.497 e. The summed E-state index contributed by atoms with van der Waals surface area (Å²) >= 11 is 5.84. The van der Waals surface area contributed by atoms with E-state index < -0.39 is 0 Å². The first-order valence-corrected chi connectivity index (χ1v) is 10.9. The highest BCUT2D eigenvalue weighted by atomic mass is 35.5. The molecular formula is C24H26ClN3O3.